The molecular formula is C29H30N2O5. The number of nitrogens with zero attached hydrogens (tertiary/aromatic N) is 2. The number of aryl methyl sites for hydroxylation is 1. The summed E-state index contributed by atoms with van der Waals surface area (Å²) in [4.78, 5) is 29.6. The Morgan fingerprint density at radius 2 is 1.69 bits per heavy atom. The van der Waals surface area contributed by atoms with Crippen molar-refractivity contribution in [2.45, 2.75) is 19.6 Å². The summed E-state index contributed by atoms with van der Waals surface area (Å²) in [5.41, 5.74) is 2.87. The maximum absolute atomic E-state index is 13.2. The van der Waals surface area contributed by atoms with E-state index in [0.29, 0.717) is 42.1 Å². The Morgan fingerprint density at radius 3 is 2.33 bits per heavy atom. The van der Waals surface area contributed by atoms with Crippen LogP contribution in [0.5, 0.6) is 11.5 Å². The SMILES string of the molecule is Cc1cc(OCc2ccccc2)ccc1/C(O)=C1\C(=O)C(=O)N(CCN(C)C)[C@H]1c1ccc(O)cc1. The van der Waals surface area contributed by atoms with Crippen molar-refractivity contribution in [2.75, 3.05) is 27.2 Å². The fraction of sp³-hybridized carbons (Fsp3) is 0.241. The van der Waals surface area contributed by atoms with Crippen LogP contribution in [-0.4, -0.2) is 58.9 Å². The molecule has 3 aromatic rings. The highest BCUT2D eigenvalue weighted by Crippen LogP contribution is 2.40. The first-order chi connectivity index (χ1) is 17.3. The van der Waals surface area contributed by atoms with Crippen LogP contribution >= 0.6 is 0 Å². The second-order valence-electron chi connectivity index (χ2n) is 9.14. The number of phenols is 1. The van der Waals surface area contributed by atoms with Gasteiger partial charge in [0.1, 0.15) is 23.9 Å². The summed E-state index contributed by atoms with van der Waals surface area (Å²) < 4.78 is 5.89. The lowest BCUT2D eigenvalue weighted by molar-refractivity contribution is -0.140. The molecule has 4 rings (SSSR count). The van der Waals surface area contributed by atoms with Gasteiger partial charge in [-0.15, -0.1) is 0 Å². The number of carbonyl (C=O) groups excluding carboxylic acids is 2. The summed E-state index contributed by atoms with van der Waals surface area (Å²) >= 11 is 0. The fourth-order valence-electron chi connectivity index (χ4n) is 4.30. The van der Waals surface area contributed by atoms with Gasteiger partial charge < -0.3 is 24.7 Å². The minimum absolute atomic E-state index is 0.0329. The molecule has 1 atom stereocenters. The molecule has 1 aliphatic heterocycles. The van der Waals surface area contributed by atoms with Crippen molar-refractivity contribution in [3.63, 3.8) is 0 Å². The smallest absolute Gasteiger partial charge is 0.295 e. The normalized spacial score (nSPS) is 17.1. The molecule has 7 nitrogen and oxygen atoms in total. The zero-order valence-corrected chi connectivity index (χ0v) is 20.6. The number of carbonyl (C=O) groups is 2. The summed E-state index contributed by atoms with van der Waals surface area (Å²) in [6.45, 7) is 3.09. The van der Waals surface area contributed by atoms with Crippen LogP contribution in [-0.2, 0) is 16.2 Å². The zero-order chi connectivity index (χ0) is 25.8. The lowest BCUT2D eigenvalue weighted by Crippen LogP contribution is -2.35. The number of amides is 1. The van der Waals surface area contributed by atoms with Crippen molar-refractivity contribution in [3.8, 4) is 11.5 Å². The van der Waals surface area contributed by atoms with E-state index >= 15 is 0 Å². The Balaban J connectivity index is 1.70. The molecule has 0 aromatic heterocycles. The van der Waals surface area contributed by atoms with Gasteiger partial charge in [0, 0.05) is 18.7 Å². The van der Waals surface area contributed by atoms with Gasteiger partial charge in [-0.25, -0.2) is 0 Å². The molecule has 1 heterocycles. The number of likely N-dealkylation sites (N-methyl/N-ethyl adjacent to an activating group) is 1. The first-order valence-corrected chi connectivity index (χ1v) is 11.8. The van der Waals surface area contributed by atoms with Crippen molar-refractivity contribution in [1.82, 2.24) is 9.80 Å². The number of likely N-dealkylation sites (tertiary alicyclic amines) is 1. The van der Waals surface area contributed by atoms with E-state index in [1.807, 2.05) is 56.3 Å². The Hall–Kier alpha value is -4.10. The van der Waals surface area contributed by atoms with Gasteiger partial charge in [0.25, 0.3) is 11.7 Å². The molecule has 1 aliphatic rings. The molecule has 0 spiro atoms. The summed E-state index contributed by atoms with van der Waals surface area (Å²) in [5.74, 6) is -0.906. The average molecular weight is 487 g/mol. The number of phenolic OH excluding ortho intramolecular Hbond substituents is 1. The number of hydrogen-bond acceptors (Lipinski definition) is 6. The lowest BCUT2D eigenvalue weighted by Gasteiger charge is -2.26. The molecule has 0 unspecified atom stereocenters. The molecule has 2 N–H and O–H groups in total. The van der Waals surface area contributed by atoms with Crippen molar-refractivity contribution < 1.29 is 24.5 Å². The van der Waals surface area contributed by atoms with Crippen molar-refractivity contribution in [3.05, 3.63) is 101 Å². The molecule has 0 aliphatic carbocycles. The molecule has 186 valence electrons. The summed E-state index contributed by atoms with van der Waals surface area (Å²) in [5, 5.41) is 21.1. The van der Waals surface area contributed by atoms with Gasteiger partial charge in [0.2, 0.25) is 0 Å². The third-order valence-corrected chi connectivity index (χ3v) is 6.24. The van der Waals surface area contributed by atoms with Gasteiger partial charge in [-0.1, -0.05) is 42.5 Å². The van der Waals surface area contributed by atoms with Crippen LogP contribution in [0.4, 0.5) is 0 Å². The highest BCUT2D eigenvalue weighted by Gasteiger charge is 2.46. The second kappa shape index (κ2) is 10.7. The number of ketones is 1. The summed E-state index contributed by atoms with van der Waals surface area (Å²) in [6.07, 6.45) is 0. The van der Waals surface area contributed by atoms with E-state index in [1.165, 1.54) is 17.0 Å². The number of aliphatic hydroxyl groups excluding tert-OH is 1. The average Bonchev–Trinajstić information content (AvgIpc) is 3.12. The van der Waals surface area contributed by atoms with Crippen molar-refractivity contribution in [1.29, 1.82) is 0 Å². The second-order valence-corrected chi connectivity index (χ2v) is 9.14. The van der Waals surface area contributed by atoms with Gasteiger partial charge in [-0.2, -0.15) is 0 Å². The van der Waals surface area contributed by atoms with Gasteiger partial charge in [-0.05, 0) is 68.0 Å². The predicted molar refractivity (Wildman–Crippen MR) is 138 cm³/mol. The minimum Gasteiger partial charge on any atom is -0.508 e. The quantitative estimate of drug-likeness (QED) is 0.281. The van der Waals surface area contributed by atoms with E-state index < -0.39 is 17.7 Å². The molecule has 3 aromatic carbocycles. The van der Waals surface area contributed by atoms with E-state index in [1.54, 1.807) is 30.3 Å². The van der Waals surface area contributed by atoms with E-state index in [2.05, 4.69) is 0 Å². The molecule has 1 saturated heterocycles. The van der Waals surface area contributed by atoms with Crippen LogP contribution in [0.25, 0.3) is 5.76 Å². The lowest BCUT2D eigenvalue weighted by atomic mass is 9.94. The maximum Gasteiger partial charge on any atom is 0.295 e. The Labute approximate surface area is 210 Å². The van der Waals surface area contributed by atoms with Crippen molar-refractivity contribution >= 4 is 17.4 Å². The largest absolute Gasteiger partial charge is 0.508 e. The van der Waals surface area contributed by atoms with Crippen LogP contribution in [0, 0.1) is 6.92 Å². The molecule has 7 heteroatoms. The Morgan fingerprint density at radius 1 is 1.00 bits per heavy atom. The van der Waals surface area contributed by atoms with Crippen molar-refractivity contribution in [2.24, 2.45) is 0 Å². The van der Waals surface area contributed by atoms with E-state index in [4.69, 9.17) is 4.74 Å². The van der Waals surface area contributed by atoms with Crippen LogP contribution in [0.2, 0.25) is 0 Å². The highest BCUT2D eigenvalue weighted by molar-refractivity contribution is 6.46. The van der Waals surface area contributed by atoms with E-state index in [-0.39, 0.29) is 17.1 Å². The number of benzene rings is 3. The maximum atomic E-state index is 13.2. The molecule has 36 heavy (non-hydrogen) atoms. The summed E-state index contributed by atoms with van der Waals surface area (Å²) in [6, 6.07) is 20.6. The van der Waals surface area contributed by atoms with E-state index in [9.17, 15) is 19.8 Å². The number of hydrogen-bond donors (Lipinski definition) is 2. The predicted octanol–water partition coefficient (Wildman–Crippen LogP) is 4.26. The minimum atomic E-state index is -0.765. The Kier molecular flexibility index (Phi) is 7.41. The van der Waals surface area contributed by atoms with Gasteiger partial charge >= 0.3 is 0 Å². The zero-order valence-electron chi connectivity index (χ0n) is 20.6. The first-order valence-electron chi connectivity index (χ1n) is 11.8. The molecule has 0 bridgehead atoms. The van der Waals surface area contributed by atoms with Gasteiger partial charge in [0.05, 0.1) is 11.6 Å². The number of aliphatic hydroxyl groups is 1. The Bertz CT molecular complexity index is 1280. The molecular weight excluding hydrogens is 456 g/mol. The van der Waals surface area contributed by atoms with Crippen LogP contribution in [0.15, 0.2) is 78.4 Å². The summed E-state index contributed by atoms with van der Waals surface area (Å²) in [7, 11) is 3.77. The standard InChI is InChI=1S/C29H30N2O5/c1-19-17-23(36-18-20-7-5-4-6-8-20)13-14-24(19)27(33)25-26(21-9-11-22(32)12-10-21)31(16-15-30(2)3)29(35)28(25)34/h4-14,17,26,32-33H,15-16,18H2,1-3H3/b27-25+/t26-/m0/s1. The third-order valence-electron chi connectivity index (χ3n) is 6.24. The third kappa shape index (κ3) is 5.26. The topological polar surface area (TPSA) is 90.3 Å². The highest BCUT2D eigenvalue weighted by atomic mass is 16.5. The van der Waals surface area contributed by atoms with Gasteiger partial charge in [0.15, 0.2) is 0 Å². The molecule has 1 amide bonds. The van der Waals surface area contributed by atoms with Crippen LogP contribution in [0.3, 0.4) is 0 Å². The first kappa shape index (κ1) is 25.0. The monoisotopic (exact) mass is 486 g/mol. The fourth-order valence-corrected chi connectivity index (χ4v) is 4.30. The number of aromatic hydroxyl groups is 1. The number of ether oxygens (including phenoxy) is 1. The van der Waals surface area contributed by atoms with Crippen LogP contribution < -0.4 is 4.74 Å². The number of rotatable bonds is 8. The molecule has 0 radical (unpaired) electrons. The molecule has 1 fully saturated rings. The van der Waals surface area contributed by atoms with Crippen LogP contribution in [0.1, 0.15) is 28.3 Å². The molecule has 0 saturated carbocycles. The van der Waals surface area contributed by atoms with E-state index in [0.717, 1.165) is 5.56 Å². The number of Topliss-reactive ketones (excluding diaryl/α,β-unsaturated/α-hetero) is 1. The van der Waals surface area contributed by atoms with Gasteiger partial charge in [-0.3, -0.25) is 9.59 Å².